The second kappa shape index (κ2) is 3.62. The van der Waals surface area contributed by atoms with E-state index in [2.05, 4.69) is 15.6 Å². The molecule has 1 aromatic carbocycles. The standard InChI is InChI=1S/C12H11N3O2/c16-11-10(14-12(17)15-11)5-7-6-13-9-4-2-1-3-8(7)9/h1-4,6,10,13H,5H2,(H2,14,15,16,17)/t10-/m0/s1/i6+1. The number of imide groups is 1. The number of fused-ring (bicyclic) bond motifs is 1. The van der Waals surface area contributed by atoms with E-state index in [1.807, 2.05) is 30.5 Å². The van der Waals surface area contributed by atoms with Gasteiger partial charge in [0.2, 0.25) is 0 Å². The largest absolute Gasteiger partial charge is 0.361 e. The number of carbonyl (C=O) groups excluding carboxylic acids is 2. The second-order valence-corrected chi connectivity index (χ2v) is 4.08. The Kier molecular flexibility index (Phi) is 2.11. The number of hydrogen-bond acceptors (Lipinski definition) is 2. The van der Waals surface area contributed by atoms with Crippen LogP contribution in [0.15, 0.2) is 30.5 Å². The summed E-state index contributed by atoms with van der Waals surface area (Å²) in [7, 11) is 0. The van der Waals surface area contributed by atoms with Crippen LogP contribution in [-0.4, -0.2) is 23.0 Å². The van der Waals surface area contributed by atoms with Crippen molar-refractivity contribution in [2.45, 2.75) is 12.5 Å². The van der Waals surface area contributed by atoms with Crippen LogP contribution in [0.25, 0.3) is 10.9 Å². The van der Waals surface area contributed by atoms with Gasteiger partial charge in [-0.3, -0.25) is 10.1 Å². The number of carbonyl (C=O) groups is 2. The number of amides is 3. The molecule has 0 unspecified atom stereocenters. The monoisotopic (exact) mass is 230 g/mol. The third kappa shape index (κ3) is 1.65. The van der Waals surface area contributed by atoms with Crippen molar-refractivity contribution in [3.63, 3.8) is 0 Å². The highest BCUT2D eigenvalue weighted by molar-refractivity contribution is 6.04. The maximum atomic E-state index is 11.4. The zero-order chi connectivity index (χ0) is 11.8. The molecule has 3 amide bonds. The van der Waals surface area contributed by atoms with Gasteiger partial charge in [0.05, 0.1) is 0 Å². The Morgan fingerprint density at radius 3 is 2.76 bits per heavy atom. The highest BCUT2D eigenvalue weighted by Crippen LogP contribution is 2.19. The molecule has 1 aliphatic heterocycles. The van der Waals surface area contributed by atoms with E-state index in [1.165, 1.54) is 0 Å². The number of benzene rings is 1. The molecule has 1 fully saturated rings. The van der Waals surface area contributed by atoms with E-state index in [9.17, 15) is 9.59 Å². The molecule has 3 N–H and O–H groups in total. The lowest BCUT2D eigenvalue weighted by Crippen LogP contribution is -2.30. The summed E-state index contributed by atoms with van der Waals surface area (Å²) in [6.07, 6.45) is 2.38. The number of aromatic nitrogens is 1. The predicted octanol–water partition coefficient (Wildman–Crippen LogP) is 0.918. The van der Waals surface area contributed by atoms with Crippen molar-refractivity contribution in [3.8, 4) is 0 Å². The summed E-state index contributed by atoms with van der Waals surface area (Å²) < 4.78 is 0. The summed E-state index contributed by atoms with van der Waals surface area (Å²) in [6.45, 7) is 0. The molecule has 2 heterocycles. The van der Waals surface area contributed by atoms with Gasteiger partial charge in [-0.25, -0.2) is 4.79 Å². The highest BCUT2D eigenvalue weighted by Gasteiger charge is 2.29. The van der Waals surface area contributed by atoms with Gasteiger partial charge in [0.25, 0.3) is 5.91 Å². The van der Waals surface area contributed by atoms with Gasteiger partial charge in [-0.2, -0.15) is 0 Å². The van der Waals surface area contributed by atoms with Gasteiger partial charge >= 0.3 is 6.03 Å². The Labute approximate surface area is 97.2 Å². The number of hydrogen-bond donors (Lipinski definition) is 3. The first-order valence-electron chi connectivity index (χ1n) is 5.40. The molecule has 2 aromatic rings. The molecular formula is C12H11N3O2. The van der Waals surface area contributed by atoms with Crippen LogP contribution < -0.4 is 10.6 Å². The molecule has 0 saturated carbocycles. The van der Waals surface area contributed by atoms with Crippen molar-refractivity contribution >= 4 is 22.8 Å². The minimum absolute atomic E-state index is 0.264. The fourth-order valence-corrected chi connectivity index (χ4v) is 2.12. The van der Waals surface area contributed by atoms with Crippen molar-refractivity contribution in [1.29, 1.82) is 0 Å². The average molecular weight is 230 g/mol. The smallest absolute Gasteiger partial charge is 0.322 e. The molecule has 0 radical (unpaired) electrons. The molecule has 5 heteroatoms. The first-order chi connectivity index (χ1) is 8.24. The molecule has 0 spiro atoms. The van der Waals surface area contributed by atoms with Gasteiger partial charge < -0.3 is 10.3 Å². The average Bonchev–Trinajstić information content (AvgIpc) is 2.85. The molecule has 86 valence electrons. The molecule has 1 saturated heterocycles. The van der Waals surface area contributed by atoms with Gasteiger partial charge in [-0.1, -0.05) is 18.2 Å². The zero-order valence-electron chi connectivity index (χ0n) is 8.99. The lowest BCUT2D eigenvalue weighted by atomic mass is 10.1. The van der Waals surface area contributed by atoms with E-state index in [0.717, 1.165) is 16.5 Å². The van der Waals surface area contributed by atoms with Gasteiger partial charge in [0.15, 0.2) is 0 Å². The van der Waals surface area contributed by atoms with Crippen molar-refractivity contribution in [2.75, 3.05) is 0 Å². The van der Waals surface area contributed by atoms with E-state index < -0.39 is 12.1 Å². The van der Waals surface area contributed by atoms with Gasteiger partial charge in [-0.15, -0.1) is 0 Å². The van der Waals surface area contributed by atoms with Gasteiger partial charge in [-0.05, 0) is 11.6 Å². The van der Waals surface area contributed by atoms with Crippen molar-refractivity contribution in [2.24, 2.45) is 0 Å². The Morgan fingerprint density at radius 2 is 2.00 bits per heavy atom. The van der Waals surface area contributed by atoms with E-state index in [0.29, 0.717) is 6.42 Å². The van der Waals surface area contributed by atoms with Crippen LogP contribution >= 0.6 is 0 Å². The molecule has 3 rings (SSSR count). The molecule has 0 bridgehead atoms. The summed E-state index contributed by atoms with van der Waals surface area (Å²) in [5, 5.41) is 5.91. The molecular weight excluding hydrogens is 219 g/mol. The molecule has 1 aromatic heterocycles. The van der Waals surface area contributed by atoms with Crippen LogP contribution in [0, 0.1) is 0 Å². The summed E-state index contributed by atoms with van der Waals surface area (Å²) in [5.41, 5.74) is 2.06. The number of H-pyrrole nitrogens is 1. The fourth-order valence-electron chi connectivity index (χ4n) is 2.12. The highest BCUT2D eigenvalue weighted by atomic mass is 16.2. The van der Waals surface area contributed by atoms with Crippen LogP contribution in [0.5, 0.6) is 0 Å². The summed E-state index contributed by atoms with van der Waals surface area (Å²) in [5.74, 6) is -0.264. The van der Waals surface area contributed by atoms with Crippen molar-refractivity contribution in [1.82, 2.24) is 15.6 Å². The third-order valence-electron chi connectivity index (χ3n) is 2.96. The van der Waals surface area contributed by atoms with Gasteiger partial charge in [0.1, 0.15) is 6.04 Å². The normalized spacial score (nSPS) is 19.4. The van der Waals surface area contributed by atoms with E-state index in [4.69, 9.17) is 0 Å². The Morgan fingerprint density at radius 1 is 1.18 bits per heavy atom. The van der Waals surface area contributed by atoms with Crippen molar-refractivity contribution in [3.05, 3.63) is 36.0 Å². The van der Waals surface area contributed by atoms with Crippen LogP contribution in [0.1, 0.15) is 5.56 Å². The van der Waals surface area contributed by atoms with Crippen LogP contribution in [-0.2, 0) is 11.2 Å². The number of aromatic amines is 1. The van der Waals surface area contributed by atoms with Crippen LogP contribution in [0.4, 0.5) is 4.79 Å². The lowest BCUT2D eigenvalue weighted by Gasteiger charge is -2.05. The quantitative estimate of drug-likeness (QED) is 0.671. The number of rotatable bonds is 2. The predicted molar refractivity (Wildman–Crippen MR) is 62.5 cm³/mol. The zero-order valence-corrected chi connectivity index (χ0v) is 8.99. The first-order valence-corrected chi connectivity index (χ1v) is 5.40. The first kappa shape index (κ1) is 9.89. The Bertz CT molecular complexity index is 603. The maximum Gasteiger partial charge on any atom is 0.322 e. The van der Waals surface area contributed by atoms with E-state index >= 15 is 0 Å². The lowest BCUT2D eigenvalue weighted by molar-refractivity contribution is -0.120. The minimum atomic E-state index is -0.471. The molecule has 5 nitrogen and oxygen atoms in total. The van der Waals surface area contributed by atoms with Gasteiger partial charge in [0, 0.05) is 23.5 Å². The fraction of sp³-hybridized carbons (Fsp3) is 0.167. The third-order valence-corrected chi connectivity index (χ3v) is 2.96. The number of para-hydroxylation sites is 1. The molecule has 0 aliphatic carbocycles. The SMILES string of the molecule is O=C1NC(=O)[C@H](Cc2[13cH][nH]c3ccccc23)N1. The topological polar surface area (TPSA) is 74.0 Å². The second-order valence-electron chi connectivity index (χ2n) is 4.08. The number of nitrogens with one attached hydrogen (secondary N) is 3. The maximum absolute atomic E-state index is 11.4. The molecule has 17 heavy (non-hydrogen) atoms. The van der Waals surface area contributed by atoms with E-state index in [-0.39, 0.29) is 5.91 Å². The summed E-state index contributed by atoms with van der Waals surface area (Å²) >= 11 is 0. The molecule has 1 atom stereocenters. The Hall–Kier alpha value is -2.30. The summed E-state index contributed by atoms with van der Waals surface area (Å²) in [6, 6.07) is 6.99. The number of urea groups is 1. The summed E-state index contributed by atoms with van der Waals surface area (Å²) in [4.78, 5) is 25.6. The van der Waals surface area contributed by atoms with E-state index in [1.54, 1.807) is 0 Å². The van der Waals surface area contributed by atoms with Crippen LogP contribution in [0.3, 0.4) is 0 Å². The minimum Gasteiger partial charge on any atom is -0.361 e. The Balaban J connectivity index is 1.90. The van der Waals surface area contributed by atoms with Crippen molar-refractivity contribution < 1.29 is 9.59 Å². The van der Waals surface area contributed by atoms with Crippen LogP contribution in [0.2, 0.25) is 0 Å². The molecule has 1 aliphatic rings.